The molecule has 1 aliphatic heterocycles. The number of hydrogen-bond acceptors (Lipinski definition) is 2. The number of rotatable bonds is 6. The Morgan fingerprint density at radius 2 is 0.684 bits per heavy atom. The van der Waals surface area contributed by atoms with Gasteiger partial charge < -0.3 is 9.80 Å². The Kier molecular flexibility index (Phi) is 8.09. The summed E-state index contributed by atoms with van der Waals surface area (Å²) in [6, 6.07) is -4.73. The normalized spacial score (nSPS) is 21.6. The quantitative estimate of drug-likeness (QED) is 0.382. The van der Waals surface area contributed by atoms with Crippen molar-refractivity contribution in [2.75, 3.05) is 13.1 Å². The number of alkyl halides is 18. The van der Waals surface area contributed by atoms with Gasteiger partial charge in [-0.05, 0) is 13.8 Å². The lowest BCUT2D eigenvalue weighted by Gasteiger charge is -2.47. The van der Waals surface area contributed by atoms with Crippen LogP contribution in [0.4, 0.5) is 79.0 Å². The number of halogens is 18. The van der Waals surface area contributed by atoms with Crippen LogP contribution in [0, 0.1) is 0 Å². The van der Waals surface area contributed by atoms with E-state index in [1.165, 1.54) is 0 Å². The maximum absolute atomic E-state index is 13.9. The first kappa shape index (κ1) is 33.7. The molecule has 0 radical (unpaired) electrons. The molecule has 1 fully saturated rings. The molecule has 0 spiro atoms. The van der Waals surface area contributed by atoms with Crippen LogP contribution >= 0.6 is 0 Å². The van der Waals surface area contributed by atoms with E-state index in [0.717, 1.165) is 0 Å². The smallest absolute Gasteiger partial charge is 0.331 e. The molecule has 2 unspecified atom stereocenters. The maximum Gasteiger partial charge on any atom is 0.460 e. The highest BCUT2D eigenvalue weighted by atomic mass is 19.4. The first-order chi connectivity index (χ1) is 16.4. The van der Waals surface area contributed by atoms with Crippen molar-refractivity contribution in [1.82, 2.24) is 9.80 Å². The van der Waals surface area contributed by atoms with E-state index in [0.29, 0.717) is 13.8 Å². The van der Waals surface area contributed by atoms with Crippen LogP contribution in [-0.2, 0) is 9.59 Å². The average molecular weight is 606 g/mol. The topological polar surface area (TPSA) is 40.6 Å². The first-order valence-electron chi connectivity index (χ1n) is 9.38. The predicted octanol–water partition coefficient (Wildman–Crippen LogP) is 5.37. The van der Waals surface area contributed by atoms with Crippen LogP contribution in [0.25, 0.3) is 0 Å². The summed E-state index contributed by atoms with van der Waals surface area (Å²) in [4.78, 5) is 22.5. The summed E-state index contributed by atoms with van der Waals surface area (Å²) in [7, 11) is 0. The van der Waals surface area contributed by atoms with Gasteiger partial charge in [0.05, 0.1) is 0 Å². The van der Waals surface area contributed by atoms with Crippen LogP contribution in [0.15, 0.2) is 0 Å². The van der Waals surface area contributed by atoms with Crippen LogP contribution in [0.5, 0.6) is 0 Å². The molecule has 0 N–H and O–H groups in total. The van der Waals surface area contributed by atoms with Crippen molar-refractivity contribution in [3.8, 4) is 0 Å². The number of nitrogens with zero attached hydrogens (tertiary/aromatic N) is 2. The van der Waals surface area contributed by atoms with E-state index in [1.807, 2.05) is 0 Å². The molecule has 0 saturated carbocycles. The third-order valence-electron chi connectivity index (χ3n) is 5.33. The molecule has 1 saturated heterocycles. The maximum atomic E-state index is 13.9. The Hall–Kier alpha value is -2.32. The second kappa shape index (κ2) is 9.12. The van der Waals surface area contributed by atoms with Crippen LogP contribution in [0.3, 0.4) is 0 Å². The summed E-state index contributed by atoms with van der Waals surface area (Å²) in [5.41, 5.74) is 0. The second-order valence-corrected chi connectivity index (χ2v) is 8.05. The molecule has 38 heavy (non-hydrogen) atoms. The molecular formula is C16H12F18N2O2. The molecule has 0 aromatic heterocycles. The van der Waals surface area contributed by atoms with Gasteiger partial charge in [0, 0.05) is 25.2 Å². The van der Waals surface area contributed by atoms with Crippen LogP contribution in [-0.4, -0.2) is 94.7 Å². The van der Waals surface area contributed by atoms with Crippen molar-refractivity contribution in [1.29, 1.82) is 0 Å². The van der Waals surface area contributed by atoms with Crippen LogP contribution < -0.4 is 0 Å². The van der Waals surface area contributed by atoms with Crippen molar-refractivity contribution in [2.24, 2.45) is 0 Å². The Bertz CT molecular complexity index is 850. The summed E-state index contributed by atoms with van der Waals surface area (Å²) >= 11 is 0. The standard InChI is InChI=1S/C16H12F18N2O2/c1-5-3-36(8(38)10(19,20)12(23,24)14(27,28)16(32,33)34)6(2)4-35(5)7(37)9(17,18)11(21,22)13(25,26)15(29,30)31/h5-6H,3-4H2,1-2H3. The zero-order chi connectivity index (χ0) is 30.9. The summed E-state index contributed by atoms with van der Waals surface area (Å²) in [5.74, 6) is -50.6. The van der Waals surface area contributed by atoms with Gasteiger partial charge in [-0.1, -0.05) is 0 Å². The number of carbonyl (C=O) groups is 2. The van der Waals surface area contributed by atoms with Crippen molar-refractivity contribution >= 4 is 11.8 Å². The van der Waals surface area contributed by atoms with Gasteiger partial charge >= 0.3 is 47.9 Å². The fraction of sp³-hybridized carbons (Fsp3) is 0.875. The van der Waals surface area contributed by atoms with Gasteiger partial charge in [-0.15, -0.1) is 0 Å². The van der Waals surface area contributed by atoms with Crippen LogP contribution in [0.1, 0.15) is 13.8 Å². The second-order valence-electron chi connectivity index (χ2n) is 8.05. The SMILES string of the molecule is CC1CN(C(=O)C(F)(F)C(F)(F)C(F)(F)C(F)(F)F)C(C)CN1C(=O)C(F)(F)C(F)(F)C(F)(F)C(F)(F)F. The Labute approximate surface area is 198 Å². The lowest BCUT2D eigenvalue weighted by atomic mass is 9.98. The zero-order valence-electron chi connectivity index (χ0n) is 18.1. The molecule has 224 valence electrons. The van der Waals surface area contributed by atoms with E-state index >= 15 is 0 Å². The van der Waals surface area contributed by atoms with Gasteiger partial charge in [0.15, 0.2) is 0 Å². The largest absolute Gasteiger partial charge is 0.460 e. The number of hydrogen-bond donors (Lipinski definition) is 0. The molecule has 4 nitrogen and oxygen atoms in total. The molecule has 0 aromatic carbocycles. The Balaban J connectivity index is 3.34. The third-order valence-corrected chi connectivity index (χ3v) is 5.33. The zero-order valence-corrected chi connectivity index (χ0v) is 18.1. The molecule has 0 aromatic rings. The van der Waals surface area contributed by atoms with Crippen molar-refractivity contribution in [2.45, 2.75) is 73.8 Å². The van der Waals surface area contributed by atoms with E-state index < -0.39 is 94.7 Å². The molecular weight excluding hydrogens is 594 g/mol. The Morgan fingerprint density at radius 1 is 0.474 bits per heavy atom. The summed E-state index contributed by atoms with van der Waals surface area (Å²) in [6.07, 6.45) is -14.6. The van der Waals surface area contributed by atoms with E-state index in [1.54, 1.807) is 0 Å². The molecule has 22 heteroatoms. The molecule has 2 atom stereocenters. The van der Waals surface area contributed by atoms with Crippen molar-refractivity contribution in [3.63, 3.8) is 0 Å². The number of carbonyl (C=O) groups excluding carboxylic acids is 2. The average Bonchev–Trinajstić information content (AvgIpc) is 2.71. The van der Waals surface area contributed by atoms with Crippen molar-refractivity contribution in [3.05, 3.63) is 0 Å². The van der Waals surface area contributed by atoms with Gasteiger partial charge in [0.25, 0.3) is 11.8 Å². The van der Waals surface area contributed by atoms with E-state index in [4.69, 9.17) is 0 Å². The summed E-state index contributed by atoms with van der Waals surface area (Å²) < 4.78 is 235. The lowest BCUT2D eigenvalue weighted by molar-refractivity contribution is -0.390. The van der Waals surface area contributed by atoms with Gasteiger partial charge in [-0.25, -0.2) is 0 Å². The minimum absolute atomic E-state index is 0.362. The molecule has 0 aliphatic carbocycles. The fourth-order valence-corrected chi connectivity index (χ4v) is 3.07. The first-order valence-corrected chi connectivity index (χ1v) is 9.38. The highest BCUT2D eigenvalue weighted by molar-refractivity contribution is 5.87. The highest BCUT2D eigenvalue weighted by Gasteiger charge is 2.85. The minimum Gasteiger partial charge on any atom is -0.331 e. The molecule has 1 heterocycles. The van der Waals surface area contributed by atoms with Crippen molar-refractivity contribution < 1.29 is 88.6 Å². The predicted molar refractivity (Wildman–Crippen MR) is 84.1 cm³/mol. The molecule has 1 aliphatic rings. The van der Waals surface area contributed by atoms with Crippen LogP contribution in [0.2, 0.25) is 0 Å². The van der Waals surface area contributed by atoms with E-state index in [9.17, 15) is 88.6 Å². The highest BCUT2D eigenvalue weighted by Crippen LogP contribution is 2.55. The lowest BCUT2D eigenvalue weighted by Crippen LogP contribution is -2.71. The number of piperazine rings is 1. The monoisotopic (exact) mass is 606 g/mol. The van der Waals surface area contributed by atoms with E-state index in [2.05, 4.69) is 0 Å². The number of amides is 2. The van der Waals surface area contributed by atoms with Gasteiger partial charge in [-0.2, -0.15) is 79.0 Å². The van der Waals surface area contributed by atoms with Gasteiger partial charge in [-0.3, -0.25) is 9.59 Å². The fourth-order valence-electron chi connectivity index (χ4n) is 3.07. The van der Waals surface area contributed by atoms with Gasteiger partial charge in [0.1, 0.15) is 0 Å². The summed E-state index contributed by atoms with van der Waals surface area (Å²) in [6.45, 7) is -2.79. The van der Waals surface area contributed by atoms with Gasteiger partial charge in [0.2, 0.25) is 0 Å². The van der Waals surface area contributed by atoms with E-state index in [-0.39, 0.29) is 0 Å². The molecule has 0 bridgehead atoms. The molecule has 2 amide bonds. The molecule has 1 rings (SSSR count). The third kappa shape index (κ3) is 4.68. The summed E-state index contributed by atoms with van der Waals surface area (Å²) in [5, 5.41) is 0. The Morgan fingerprint density at radius 3 is 0.868 bits per heavy atom. The minimum atomic E-state index is -7.51.